The van der Waals surface area contributed by atoms with Gasteiger partial charge in [-0.1, -0.05) is 133 Å². The number of nitriles is 1. The van der Waals surface area contributed by atoms with E-state index in [-0.39, 0.29) is 0 Å². The first-order valence-electron chi connectivity index (χ1n) is 15.3. The molecule has 1 spiro atoms. The lowest BCUT2D eigenvalue weighted by Crippen LogP contribution is -2.32. The summed E-state index contributed by atoms with van der Waals surface area (Å²) in [6.07, 6.45) is 0. The molecule has 0 fully saturated rings. The molecule has 4 heteroatoms. The molecule has 0 bridgehead atoms. The second-order valence-electron chi connectivity index (χ2n) is 11.6. The van der Waals surface area contributed by atoms with E-state index in [1.54, 1.807) is 0 Å². The number of fused-ring (bicyclic) bond motifs is 9. The van der Waals surface area contributed by atoms with Gasteiger partial charge in [-0.25, -0.2) is 9.97 Å². The number of aromatic nitrogens is 2. The molecule has 1 aliphatic carbocycles. The molecule has 0 atom stereocenters. The fourth-order valence-electron chi connectivity index (χ4n) is 7.30. The number of hydrogen-bond acceptors (Lipinski definition) is 4. The molecule has 6 aromatic carbocycles. The van der Waals surface area contributed by atoms with Crippen LogP contribution in [0.1, 0.15) is 27.8 Å². The smallest absolute Gasteiger partial charge is 0.160 e. The molecule has 0 saturated carbocycles. The van der Waals surface area contributed by atoms with Gasteiger partial charge in [-0.05, 0) is 40.5 Å². The molecule has 0 amide bonds. The van der Waals surface area contributed by atoms with E-state index < -0.39 is 5.41 Å². The van der Waals surface area contributed by atoms with Gasteiger partial charge >= 0.3 is 0 Å². The van der Waals surface area contributed by atoms with Crippen molar-refractivity contribution in [2.24, 2.45) is 0 Å². The van der Waals surface area contributed by atoms with Crippen molar-refractivity contribution in [2.45, 2.75) is 5.41 Å². The summed E-state index contributed by atoms with van der Waals surface area (Å²) in [6.45, 7) is 0. The number of benzene rings is 6. The lowest BCUT2D eigenvalue weighted by atomic mass is 9.65. The van der Waals surface area contributed by atoms with E-state index in [1.807, 2.05) is 66.7 Å². The maximum Gasteiger partial charge on any atom is 0.160 e. The van der Waals surface area contributed by atoms with E-state index in [0.29, 0.717) is 22.9 Å². The Morgan fingerprint density at radius 2 is 1.00 bits per heavy atom. The average molecular weight is 588 g/mol. The van der Waals surface area contributed by atoms with Gasteiger partial charge in [0.05, 0.1) is 22.4 Å². The summed E-state index contributed by atoms with van der Waals surface area (Å²) in [4.78, 5) is 10.2. The van der Waals surface area contributed by atoms with Gasteiger partial charge in [0.2, 0.25) is 0 Å². The number of para-hydroxylation sites is 2. The highest BCUT2D eigenvalue weighted by atomic mass is 16.5. The molecule has 7 aromatic rings. The van der Waals surface area contributed by atoms with Crippen LogP contribution in [0.15, 0.2) is 152 Å². The molecule has 0 radical (unpaired) electrons. The third-order valence-electron chi connectivity index (χ3n) is 9.22. The number of rotatable bonds is 3. The summed E-state index contributed by atoms with van der Waals surface area (Å²) in [6, 6.07) is 54.1. The van der Waals surface area contributed by atoms with E-state index in [4.69, 9.17) is 14.7 Å². The van der Waals surface area contributed by atoms with Crippen molar-refractivity contribution in [1.82, 2.24) is 9.97 Å². The van der Waals surface area contributed by atoms with Crippen molar-refractivity contribution >= 4 is 0 Å². The molecule has 0 N–H and O–H groups in total. The van der Waals surface area contributed by atoms with Gasteiger partial charge in [0.15, 0.2) is 5.82 Å². The monoisotopic (exact) mass is 587 g/mol. The van der Waals surface area contributed by atoms with Crippen molar-refractivity contribution in [2.75, 3.05) is 0 Å². The SMILES string of the molecule is N#Cc1cccc2c1Oc1c(-c3cc(-c4ccccc4)nc(-c4ccccc4)n3)cccc1C21c2ccccc2-c2ccccc21. The summed E-state index contributed by atoms with van der Waals surface area (Å²) in [5, 5.41) is 10.3. The van der Waals surface area contributed by atoms with Crippen molar-refractivity contribution in [1.29, 1.82) is 5.26 Å². The Morgan fingerprint density at radius 3 is 1.67 bits per heavy atom. The van der Waals surface area contributed by atoms with Crippen LogP contribution in [-0.4, -0.2) is 9.97 Å². The van der Waals surface area contributed by atoms with E-state index in [2.05, 4.69) is 91.0 Å². The maximum atomic E-state index is 10.3. The van der Waals surface area contributed by atoms with Crippen LogP contribution in [0, 0.1) is 11.3 Å². The lowest BCUT2D eigenvalue weighted by Gasteiger charge is -2.40. The second kappa shape index (κ2) is 10.1. The van der Waals surface area contributed by atoms with Gasteiger partial charge in [-0.15, -0.1) is 0 Å². The van der Waals surface area contributed by atoms with Gasteiger partial charge in [0.25, 0.3) is 0 Å². The molecular formula is C42H25N3O. The van der Waals surface area contributed by atoms with E-state index >= 15 is 0 Å². The Hall–Kier alpha value is -6.31. The molecule has 214 valence electrons. The summed E-state index contributed by atoms with van der Waals surface area (Å²) in [5.41, 5.74) is 10.9. The van der Waals surface area contributed by atoms with E-state index in [0.717, 1.165) is 39.2 Å². The van der Waals surface area contributed by atoms with Crippen molar-refractivity contribution in [3.63, 3.8) is 0 Å². The molecule has 9 rings (SSSR count). The van der Waals surface area contributed by atoms with Gasteiger partial charge in [0.1, 0.15) is 17.6 Å². The van der Waals surface area contributed by atoms with Crippen LogP contribution in [0.4, 0.5) is 0 Å². The molecule has 0 unspecified atom stereocenters. The van der Waals surface area contributed by atoms with Crippen LogP contribution >= 0.6 is 0 Å². The summed E-state index contributed by atoms with van der Waals surface area (Å²) in [5.74, 6) is 1.91. The first-order valence-corrected chi connectivity index (χ1v) is 15.3. The van der Waals surface area contributed by atoms with Gasteiger partial charge < -0.3 is 4.74 Å². The van der Waals surface area contributed by atoms with Crippen LogP contribution in [0.25, 0.3) is 45.0 Å². The maximum absolute atomic E-state index is 10.3. The van der Waals surface area contributed by atoms with Crippen molar-refractivity contribution < 1.29 is 4.74 Å². The highest BCUT2D eigenvalue weighted by Crippen LogP contribution is 2.63. The highest BCUT2D eigenvalue weighted by Gasteiger charge is 2.52. The lowest BCUT2D eigenvalue weighted by molar-refractivity contribution is 0.436. The Labute approximate surface area is 266 Å². The third-order valence-corrected chi connectivity index (χ3v) is 9.22. The Morgan fingerprint density at radius 1 is 0.478 bits per heavy atom. The quantitative estimate of drug-likeness (QED) is 0.206. The standard InChI is InChI=1S/C42H25N3O/c43-26-29-17-11-23-35-39(29)46-40-32(38-25-37(27-13-3-1-4-14-27)44-41(45-38)28-15-5-2-6-16-28)20-12-24-36(40)42(35)33-21-9-7-18-30(33)31-19-8-10-22-34(31)42/h1-25H. The molecule has 0 saturated heterocycles. The molecule has 46 heavy (non-hydrogen) atoms. The summed E-state index contributed by atoms with van der Waals surface area (Å²) in [7, 11) is 0. The van der Waals surface area contributed by atoms with Crippen molar-refractivity contribution in [3.05, 3.63) is 179 Å². The van der Waals surface area contributed by atoms with E-state index in [1.165, 1.54) is 22.3 Å². The highest BCUT2D eigenvalue weighted by molar-refractivity contribution is 5.90. The topological polar surface area (TPSA) is 58.8 Å². The van der Waals surface area contributed by atoms with Gasteiger partial charge in [0, 0.05) is 27.8 Å². The van der Waals surface area contributed by atoms with Crippen LogP contribution < -0.4 is 4.74 Å². The molecule has 1 aromatic heterocycles. The summed E-state index contributed by atoms with van der Waals surface area (Å²) >= 11 is 0. The fourth-order valence-corrected chi connectivity index (χ4v) is 7.30. The third kappa shape index (κ3) is 3.66. The fraction of sp³-hybridized carbons (Fsp3) is 0.0238. The second-order valence-corrected chi connectivity index (χ2v) is 11.6. The average Bonchev–Trinajstić information content (AvgIpc) is 3.42. The molecule has 2 heterocycles. The van der Waals surface area contributed by atoms with Crippen LogP contribution in [0.3, 0.4) is 0 Å². The minimum absolute atomic E-state index is 0.497. The minimum atomic E-state index is -0.684. The van der Waals surface area contributed by atoms with E-state index in [9.17, 15) is 5.26 Å². The molecule has 2 aliphatic rings. The van der Waals surface area contributed by atoms with Crippen LogP contribution in [0.2, 0.25) is 0 Å². The predicted octanol–water partition coefficient (Wildman–Crippen LogP) is 9.82. The Bertz CT molecular complexity index is 2250. The molecule has 1 aliphatic heterocycles. The van der Waals surface area contributed by atoms with Gasteiger partial charge in [-0.3, -0.25) is 0 Å². The summed E-state index contributed by atoms with van der Waals surface area (Å²) < 4.78 is 6.91. The number of hydrogen-bond donors (Lipinski definition) is 0. The minimum Gasteiger partial charge on any atom is -0.455 e. The van der Waals surface area contributed by atoms with Crippen LogP contribution in [0.5, 0.6) is 11.5 Å². The zero-order valence-electron chi connectivity index (χ0n) is 24.7. The van der Waals surface area contributed by atoms with Crippen molar-refractivity contribution in [3.8, 4) is 62.6 Å². The molecule has 4 nitrogen and oxygen atoms in total. The largest absolute Gasteiger partial charge is 0.455 e. The Balaban J connectivity index is 1.38. The number of ether oxygens (including phenoxy) is 1. The first kappa shape index (κ1) is 26.1. The number of nitrogens with zero attached hydrogens (tertiary/aromatic N) is 3. The zero-order chi connectivity index (χ0) is 30.7. The van der Waals surface area contributed by atoms with Crippen LogP contribution in [-0.2, 0) is 5.41 Å². The Kier molecular flexibility index (Phi) is 5.75. The van der Waals surface area contributed by atoms with Gasteiger partial charge in [-0.2, -0.15) is 5.26 Å². The first-order chi connectivity index (χ1) is 22.8. The predicted molar refractivity (Wildman–Crippen MR) is 180 cm³/mol. The molecular weight excluding hydrogens is 562 g/mol. The zero-order valence-corrected chi connectivity index (χ0v) is 24.7. The normalized spacial score (nSPS) is 13.1.